The number of nitrogens with one attached hydrogen (secondary N) is 2. The van der Waals surface area contributed by atoms with E-state index in [9.17, 15) is 9.59 Å². The smallest absolute Gasteiger partial charge is 0.239 e. The van der Waals surface area contributed by atoms with E-state index in [1.54, 1.807) is 0 Å². The maximum atomic E-state index is 11.5. The van der Waals surface area contributed by atoms with E-state index < -0.39 is 0 Å². The van der Waals surface area contributed by atoms with Crippen molar-refractivity contribution in [2.45, 2.75) is 53.1 Å². The highest BCUT2D eigenvalue weighted by Crippen LogP contribution is 2.19. The molecule has 0 heterocycles. The molecule has 0 aliphatic heterocycles. The van der Waals surface area contributed by atoms with Crippen LogP contribution in [0.2, 0.25) is 0 Å². The summed E-state index contributed by atoms with van der Waals surface area (Å²) in [6.07, 6.45) is 0.235. The summed E-state index contributed by atoms with van der Waals surface area (Å²) in [6.45, 7) is 9.70. The Morgan fingerprint density at radius 1 is 1.18 bits per heavy atom. The summed E-state index contributed by atoms with van der Waals surface area (Å²) in [5.41, 5.74) is 5.76. The zero-order valence-electron chi connectivity index (χ0n) is 11.5. The highest BCUT2D eigenvalue weighted by Gasteiger charge is 2.23. The molecular formula is C12H25N3O2. The Balaban J connectivity index is 3.92. The largest absolute Gasteiger partial charge is 0.352 e. The minimum Gasteiger partial charge on any atom is -0.352 e. The number of amides is 2. The van der Waals surface area contributed by atoms with Gasteiger partial charge in [-0.3, -0.25) is 9.59 Å². The van der Waals surface area contributed by atoms with E-state index in [1.165, 1.54) is 0 Å². The van der Waals surface area contributed by atoms with Crippen LogP contribution in [0.15, 0.2) is 0 Å². The van der Waals surface area contributed by atoms with Crippen molar-refractivity contribution in [3.63, 3.8) is 0 Å². The third kappa shape index (κ3) is 7.74. The number of hydrogen-bond acceptors (Lipinski definition) is 3. The minimum absolute atomic E-state index is 0.00781. The van der Waals surface area contributed by atoms with Gasteiger partial charge in [-0.05, 0) is 19.3 Å². The molecule has 0 fully saturated rings. The zero-order valence-corrected chi connectivity index (χ0v) is 11.5. The Morgan fingerprint density at radius 2 is 1.71 bits per heavy atom. The highest BCUT2D eigenvalue weighted by molar-refractivity contribution is 5.85. The third-order valence-electron chi connectivity index (χ3n) is 2.41. The summed E-state index contributed by atoms with van der Waals surface area (Å²) in [5.74, 6) is -0.371. The number of nitrogens with two attached hydrogens (primary N) is 1. The number of carbonyl (C=O) groups is 2. The number of rotatable bonds is 5. The van der Waals surface area contributed by atoms with Gasteiger partial charge in [0.15, 0.2) is 0 Å². The van der Waals surface area contributed by atoms with E-state index in [2.05, 4.69) is 10.6 Å². The van der Waals surface area contributed by atoms with Crippen LogP contribution in [0.1, 0.15) is 41.0 Å². The van der Waals surface area contributed by atoms with Crippen LogP contribution in [0, 0.1) is 5.41 Å². The first-order chi connectivity index (χ1) is 7.62. The van der Waals surface area contributed by atoms with E-state index in [-0.39, 0.29) is 42.3 Å². The summed E-state index contributed by atoms with van der Waals surface area (Å²) >= 11 is 0. The first kappa shape index (κ1) is 15.9. The molecule has 1 atom stereocenters. The monoisotopic (exact) mass is 243 g/mol. The maximum absolute atomic E-state index is 11.5. The van der Waals surface area contributed by atoms with E-state index in [0.717, 1.165) is 0 Å². The van der Waals surface area contributed by atoms with Gasteiger partial charge in [-0.25, -0.2) is 0 Å². The molecule has 0 saturated carbocycles. The minimum atomic E-state index is -0.212. The lowest BCUT2D eigenvalue weighted by atomic mass is 9.85. The van der Waals surface area contributed by atoms with Crippen molar-refractivity contribution < 1.29 is 9.59 Å². The van der Waals surface area contributed by atoms with Gasteiger partial charge in [0.25, 0.3) is 0 Å². The molecule has 100 valence electrons. The second kappa shape index (κ2) is 6.59. The molecule has 2 amide bonds. The van der Waals surface area contributed by atoms with Crippen molar-refractivity contribution in [3.05, 3.63) is 0 Å². The van der Waals surface area contributed by atoms with Crippen LogP contribution < -0.4 is 16.4 Å². The van der Waals surface area contributed by atoms with Crippen molar-refractivity contribution in [3.8, 4) is 0 Å². The van der Waals surface area contributed by atoms with Crippen LogP contribution in [0.25, 0.3) is 0 Å². The van der Waals surface area contributed by atoms with Gasteiger partial charge in [-0.15, -0.1) is 0 Å². The lowest BCUT2D eigenvalue weighted by molar-refractivity contribution is -0.126. The Morgan fingerprint density at radius 3 is 2.12 bits per heavy atom. The molecule has 0 aromatic heterocycles. The van der Waals surface area contributed by atoms with Crippen LogP contribution in [0.4, 0.5) is 0 Å². The topological polar surface area (TPSA) is 84.2 Å². The Kier molecular flexibility index (Phi) is 6.16. The van der Waals surface area contributed by atoms with Gasteiger partial charge in [0, 0.05) is 18.5 Å². The molecule has 0 saturated heterocycles. The van der Waals surface area contributed by atoms with Gasteiger partial charge in [0.05, 0.1) is 6.54 Å². The Labute approximate surface area is 104 Å². The van der Waals surface area contributed by atoms with Crippen molar-refractivity contribution in [1.82, 2.24) is 10.6 Å². The van der Waals surface area contributed by atoms with Crippen LogP contribution in [-0.2, 0) is 9.59 Å². The summed E-state index contributed by atoms with van der Waals surface area (Å²) < 4.78 is 0. The fourth-order valence-electron chi connectivity index (χ4n) is 1.13. The van der Waals surface area contributed by atoms with Crippen molar-refractivity contribution in [2.75, 3.05) is 6.54 Å². The molecule has 0 radical (unpaired) electrons. The quantitative estimate of drug-likeness (QED) is 0.653. The summed E-state index contributed by atoms with van der Waals surface area (Å²) in [5, 5.41) is 5.26. The molecule has 0 aromatic rings. The number of carbonyl (C=O) groups excluding carboxylic acids is 2. The van der Waals surface area contributed by atoms with E-state index in [1.807, 2.05) is 34.6 Å². The van der Waals surface area contributed by atoms with Gasteiger partial charge in [0.1, 0.15) is 0 Å². The molecular weight excluding hydrogens is 218 g/mol. The lowest BCUT2D eigenvalue weighted by Crippen LogP contribution is -2.43. The van der Waals surface area contributed by atoms with Crippen LogP contribution >= 0.6 is 0 Å². The predicted molar refractivity (Wildman–Crippen MR) is 68.3 cm³/mol. The SMILES string of the molecule is CC(C)NC(=O)CNC(=O)CC(N)C(C)(C)C. The van der Waals surface area contributed by atoms with Gasteiger partial charge >= 0.3 is 0 Å². The lowest BCUT2D eigenvalue weighted by Gasteiger charge is -2.26. The first-order valence-corrected chi connectivity index (χ1v) is 5.94. The van der Waals surface area contributed by atoms with Crippen LogP contribution in [0.5, 0.6) is 0 Å². The molecule has 5 nitrogen and oxygen atoms in total. The maximum Gasteiger partial charge on any atom is 0.239 e. The zero-order chi connectivity index (χ0) is 13.6. The highest BCUT2D eigenvalue weighted by atomic mass is 16.2. The second-order valence-electron chi connectivity index (χ2n) is 5.68. The fraction of sp³-hybridized carbons (Fsp3) is 0.833. The molecule has 5 heteroatoms. The average molecular weight is 243 g/mol. The fourth-order valence-corrected chi connectivity index (χ4v) is 1.13. The standard InChI is InChI=1S/C12H25N3O2/c1-8(2)15-11(17)7-14-10(16)6-9(13)12(3,4)5/h8-9H,6-7,13H2,1-5H3,(H,14,16)(H,15,17). The van der Waals surface area contributed by atoms with E-state index in [4.69, 9.17) is 5.73 Å². The molecule has 0 bridgehead atoms. The summed E-state index contributed by atoms with van der Waals surface area (Å²) in [7, 11) is 0. The van der Waals surface area contributed by atoms with Crippen LogP contribution in [-0.4, -0.2) is 30.4 Å². The summed E-state index contributed by atoms with van der Waals surface area (Å²) in [4.78, 5) is 22.8. The second-order valence-corrected chi connectivity index (χ2v) is 5.68. The molecule has 1 unspecified atom stereocenters. The molecule has 4 N–H and O–H groups in total. The van der Waals surface area contributed by atoms with Gasteiger partial charge in [0.2, 0.25) is 11.8 Å². The Bertz CT molecular complexity index is 269. The van der Waals surface area contributed by atoms with Crippen molar-refractivity contribution in [1.29, 1.82) is 0 Å². The molecule has 0 aliphatic rings. The van der Waals surface area contributed by atoms with E-state index in [0.29, 0.717) is 0 Å². The molecule has 0 spiro atoms. The molecule has 0 aromatic carbocycles. The first-order valence-electron chi connectivity index (χ1n) is 5.94. The van der Waals surface area contributed by atoms with Crippen molar-refractivity contribution >= 4 is 11.8 Å². The normalized spacial score (nSPS) is 13.4. The number of hydrogen-bond donors (Lipinski definition) is 3. The molecule has 0 rings (SSSR count). The Hall–Kier alpha value is -1.10. The van der Waals surface area contributed by atoms with Gasteiger partial charge in [-0.2, -0.15) is 0 Å². The predicted octanol–water partition coefficient (Wildman–Crippen LogP) is 0.391. The van der Waals surface area contributed by atoms with E-state index >= 15 is 0 Å². The third-order valence-corrected chi connectivity index (χ3v) is 2.41. The van der Waals surface area contributed by atoms with Crippen LogP contribution in [0.3, 0.4) is 0 Å². The molecule has 0 aliphatic carbocycles. The van der Waals surface area contributed by atoms with Gasteiger partial charge < -0.3 is 16.4 Å². The van der Waals surface area contributed by atoms with Gasteiger partial charge in [-0.1, -0.05) is 20.8 Å². The average Bonchev–Trinajstić information content (AvgIpc) is 2.12. The summed E-state index contributed by atoms with van der Waals surface area (Å²) in [6, 6.07) is -0.133. The molecule has 17 heavy (non-hydrogen) atoms. The van der Waals surface area contributed by atoms with Crippen molar-refractivity contribution in [2.24, 2.45) is 11.1 Å².